The van der Waals surface area contributed by atoms with Gasteiger partial charge in [0.05, 0.1) is 13.2 Å². The van der Waals surface area contributed by atoms with Crippen LogP contribution in [0.15, 0.2) is 48.5 Å². The summed E-state index contributed by atoms with van der Waals surface area (Å²) in [6.45, 7) is 3.37. The number of aliphatic hydroxyl groups is 1. The van der Waals surface area contributed by atoms with Gasteiger partial charge in [-0.05, 0) is 41.7 Å². The maximum Gasteiger partial charge on any atom is 0.251 e. The Balaban J connectivity index is 1.51. The molecule has 1 amide bonds. The van der Waals surface area contributed by atoms with Gasteiger partial charge in [-0.1, -0.05) is 43.3 Å². The molecule has 2 N–H and O–H groups in total. The molecule has 24 heavy (non-hydrogen) atoms. The van der Waals surface area contributed by atoms with Crippen LogP contribution in [0.4, 0.5) is 0 Å². The van der Waals surface area contributed by atoms with Crippen LogP contribution in [0.3, 0.4) is 0 Å². The topological polar surface area (TPSA) is 58.6 Å². The number of hydrogen-bond acceptors (Lipinski definition) is 3. The molecular weight excluding hydrogens is 302 g/mol. The number of hydrogen-bond donors (Lipinski definition) is 2. The molecule has 0 aliphatic carbocycles. The Kier molecular flexibility index (Phi) is 4.97. The summed E-state index contributed by atoms with van der Waals surface area (Å²) in [4.78, 5) is 12.2. The summed E-state index contributed by atoms with van der Waals surface area (Å²) in [5, 5.41) is 13.1. The summed E-state index contributed by atoms with van der Waals surface area (Å²) < 4.78 is 5.05. The Labute approximate surface area is 142 Å². The molecule has 2 aromatic carbocycles. The van der Waals surface area contributed by atoms with E-state index >= 15 is 0 Å². The normalized spacial score (nSPS) is 15.6. The number of ether oxygens (including phenoxy) is 1. The van der Waals surface area contributed by atoms with Crippen LogP contribution >= 0.6 is 0 Å². The third-order valence-electron chi connectivity index (χ3n) is 4.50. The van der Waals surface area contributed by atoms with Crippen molar-refractivity contribution >= 4 is 5.91 Å². The summed E-state index contributed by atoms with van der Waals surface area (Å²) in [5.74, 6) is -0.0939. The van der Waals surface area contributed by atoms with E-state index in [1.165, 1.54) is 11.1 Å². The number of rotatable bonds is 6. The monoisotopic (exact) mass is 325 g/mol. The molecule has 126 valence electrons. The van der Waals surface area contributed by atoms with Gasteiger partial charge >= 0.3 is 0 Å². The number of aryl methyl sites for hydroxylation is 1. The van der Waals surface area contributed by atoms with Gasteiger partial charge in [0.1, 0.15) is 5.60 Å². The maximum atomic E-state index is 12.2. The quantitative estimate of drug-likeness (QED) is 0.858. The van der Waals surface area contributed by atoms with Gasteiger partial charge in [-0.3, -0.25) is 4.79 Å². The third-order valence-corrected chi connectivity index (χ3v) is 4.50. The minimum absolute atomic E-state index is 0.0939. The molecule has 0 bridgehead atoms. The Morgan fingerprint density at radius 3 is 2.25 bits per heavy atom. The fraction of sp³-hybridized carbons (Fsp3) is 0.350. The predicted molar refractivity (Wildman–Crippen MR) is 93.0 cm³/mol. The maximum absolute atomic E-state index is 12.2. The van der Waals surface area contributed by atoms with Crippen molar-refractivity contribution in [3.63, 3.8) is 0 Å². The zero-order valence-corrected chi connectivity index (χ0v) is 13.9. The van der Waals surface area contributed by atoms with Crippen LogP contribution in [0.25, 0.3) is 0 Å². The van der Waals surface area contributed by atoms with Crippen LogP contribution in [0, 0.1) is 0 Å². The van der Waals surface area contributed by atoms with Crippen LogP contribution < -0.4 is 5.32 Å². The minimum atomic E-state index is -0.889. The number of benzene rings is 2. The van der Waals surface area contributed by atoms with Crippen molar-refractivity contribution in [3.8, 4) is 0 Å². The molecule has 1 heterocycles. The number of nitrogens with one attached hydrogen (secondary N) is 1. The van der Waals surface area contributed by atoms with Crippen molar-refractivity contribution < 1.29 is 14.6 Å². The van der Waals surface area contributed by atoms with Crippen molar-refractivity contribution in [2.24, 2.45) is 0 Å². The van der Waals surface area contributed by atoms with Crippen LogP contribution in [0.1, 0.15) is 34.0 Å². The second-order valence-electron chi connectivity index (χ2n) is 6.28. The first-order chi connectivity index (χ1) is 11.6. The molecular formula is C20H23NO3. The van der Waals surface area contributed by atoms with Crippen LogP contribution in [0.5, 0.6) is 0 Å². The molecule has 1 saturated heterocycles. The Bertz CT molecular complexity index is 688. The van der Waals surface area contributed by atoms with Crippen LogP contribution in [0.2, 0.25) is 0 Å². The minimum Gasteiger partial charge on any atom is -0.380 e. The summed E-state index contributed by atoms with van der Waals surface area (Å²) in [5.41, 5.74) is 3.04. The molecule has 3 rings (SSSR count). The summed E-state index contributed by atoms with van der Waals surface area (Å²) in [6, 6.07) is 15.6. The molecule has 2 aromatic rings. The van der Waals surface area contributed by atoms with E-state index < -0.39 is 5.60 Å². The molecule has 0 atom stereocenters. The van der Waals surface area contributed by atoms with Gasteiger partial charge in [-0.2, -0.15) is 0 Å². The van der Waals surface area contributed by atoms with Crippen LogP contribution in [-0.4, -0.2) is 30.8 Å². The van der Waals surface area contributed by atoms with Gasteiger partial charge < -0.3 is 15.2 Å². The van der Waals surface area contributed by atoms with Gasteiger partial charge in [-0.25, -0.2) is 0 Å². The largest absolute Gasteiger partial charge is 0.380 e. The number of amides is 1. The highest BCUT2D eigenvalue weighted by molar-refractivity contribution is 5.94. The lowest BCUT2D eigenvalue weighted by atomic mass is 9.91. The molecule has 0 radical (unpaired) electrons. The summed E-state index contributed by atoms with van der Waals surface area (Å²) >= 11 is 0. The zero-order valence-electron chi connectivity index (χ0n) is 13.9. The number of carbonyl (C=O) groups excluding carboxylic acids is 1. The van der Waals surface area contributed by atoms with Gasteiger partial charge in [0.25, 0.3) is 5.91 Å². The molecule has 1 fully saturated rings. The highest BCUT2D eigenvalue weighted by Gasteiger charge is 2.37. The summed E-state index contributed by atoms with van der Waals surface area (Å²) in [6.07, 6.45) is 1.85. The first kappa shape index (κ1) is 16.7. The SMILES string of the molecule is CCc1ccc(CCNC(=O)c2ccc(C3(O)COC3)cc2)cc1. The third kappa shape index (κ3) is 3.66. The lowest BCUT2D eigenvalue weighted by Crippen LogP contribution is -2.46. The van der Waals surface area contributed by atoms with Crippen molar-refractivity contribution in [2.75, 3.05) is 19.8 Å². The van der Waals surface area contributed by atoms with E-state index in [0.29, 0.717) is 25.3 Å². The highest BCUT2D eigenvalue weighted by Crippen LogP contribution is 2.29. The fourth-order valence-electron chi connectivity index (χ4n) is 2.76. The Hall–Kier alpha value is -2.17. The molecule has 0 aromatic heterocycles. The Morgan fingerprint density at radius 2 is 1.71 bits per heavy atom. The molecule has 0 saturated carbocycles. The van der Waals surface area contributed by atoms with E-state index in [1.54, 1.807) is 24.3 Å². The average Bonchev–Trinajstić information content (AvgIpc) is 2.60. The van der Waals surface area contributed by atoms with Crippen LogP contribution in [-0.2, 0) is 23.2 Å². The van der Waals surface area contributed by atoms with Crippen molar-refractivity contribution in [2.45, 2.75) is 25.4 Å². The Morgan fingerprint density at radius 1 is 1.08 bits per heavy atom. The van der Waals surface area contributed by atoms with Crippen molar-refractivity contribution in [3.05, 3.63) is 70.8 Å². The first-order valence-electron chi connectivity index (χ1n) is 8.37. The average molecular weight is 325 g/mol. The lowest BCUT2D eigenvalue weighted by Gasteiger charge is -2.36. The van der Waals surface area contributed by atoms with Gasteiger partial charge in [0.2, 0.25) is 0 Å². The standard InChI is InChI=1S/C20H23NO3/c1-2-15-3-5-16(6-4-15)11-12-21-19(22)17-7-9-18(10-8-17)20(23)13-24-14-20/h3-10,23H,2,11-14H2,1H3,(H,21,22). The first-order valence-corrected chi connectivity index (χ1v) is 8.37. The van der Waals surface area contributed by atoms with Gasteiger partial charge in [0, 0.05) is 12.1 Å². The highest BCUT2D eigenvalue weighted by atomic mass is 16.5. The second kappa shape index (κ2) is 7.16. The van der Waals surface area contributed by atoms with E-state index in [0.717, 1.165) is 18.4 Å². The molecule has 0 spiro atoms. The van der Waals surface area contributed by atoms with Crippen molar-refractivity contribution in [1.82, 2.24) is 5.32 Å². The van der Waals surface area contributed by atoms with E-state index in [2.05, 4.69) is 36.5 Å². The molecule has 1 aliphatic heterocycles. The van der Waals surface area contributed by atoms with Gasteiger partial charge in [-0.15, -0.1) is 0 Å². The smallest absolute Gasteiger partial charge is 0.251 e. The van der Waals surface area contributed by atoms with E-state index in [1.807, 2.05) is 0 Å². The van der Waals surface area contributed by atoms with Crippen molar-refractivity contribution in [1.29, 1.82) is 0 Å². The van der Waals surface area contributed by atoms with E-state index in [4.69, 9.17) is 4.74 Å². The molecule has 4 heteroatoms. The molecule has 0 unspecified atom stereocenters. The molecule has 1 aliphatic rings. The summed E-state index contributed by atoms with van der Waals surface area (Å²) in [7, 11) is 0. The number of carbonyl (C=O) groups is 1. The predicted octanol–water partition coefficient (Wildman–Crippen LogP) is 2.44. The zero-order chi connectivity index (χ0) is 17.0. The fourth-order valence-corrected chi connectivity index (χ4v) is 2.76. The van der Waals surface area contributed by atoms with E-state index in [9.17, 15) is 9.90 Å². The second-order valence-corrected chi connectivity index (χ2v) is 6.28. The van der Waals surface area contributed by atoms with Gasteiger partial charge in [0.15, 0.2) is 0 Å². The molecule has 4 nitrogen and oxygen atoms in total. The van der Waals surface area contributed by atoms with E-state index in [-0.39, 0.29) is 5.91 Å². The lowest BCUT2D eigenvalue weighted by molar-refractivity contribution is -0.184.